The molecule has 0 aliphatic carbocycles. The minimum Gasteiger partial charge on any atom is -0.355 e. The third kappa shape index (κ3) is 5.17. The van der Waals surface area contributed by atoms with Gasteiger partial charge < -0.3 is 14.8 Å². The molecule has 1 N–H and O–H groups in total. The molecule has 0 radical (unpaired) electrons. The lowest BCUT2D eigenvalue weighted by molar-refractivity contribution is -0.137. The molecule has 1 aromatic carbocycles. The van der Waals surface area contributed by atoms with Gasteiger partial charge in [-0.3, -0.25) is 9.59 Å². The van der Waals surface area contributed by atoms with Crippen LogP contribution in [0.5, 0.6) is 0 Å². The SMILES string of the molecule is CCn1cnnc1CCNC(=O)C1CCN(C(=O)c2ccc(C(F)(F)F)cc2)CC1. The van der Waals surface area contributed by atoms with E-state index in [0.29, 0.717) is 38.9 Å². The van der Waals surface area contributed by atoms with Crippen LogP contribution in [0, 0.1) is 5.92 Å². The van der Waals surface area contributed by atoms with Crippen molar-refractivity contribution < 1.29 is 22.8 Å². The van der Waals surface area contributed by atoms with Gasteiger partial charge in [-0.1, -0.05) is 0 Å². The fourth-order valence-electron chi connectivity index (χ4n) is 3.51. The normalized spacial score (nSPS) is 15.3. The van der Waals surface area contributed by atoms with Gasteiger partial charge in [0.25, 0.3) is 5.91 Å². The molecule has 1 aliphatic heterocycles. The topological polar surface area (TPSA) is 80.1 Å². The molecule has 162 valence electrons. The van der Waals surface area contributed by atoms with Gasteiger partial charge in [0.05, 0.1) is 5.56 Å². The number of amides is 2. The summed E-state index contributed by atoms with van der Waals surface area (Å²) in [6.07, 6.45) is -1.16. The van der Waals surface area contributed by atoms with Crippen LogP contribution in [0.25, 0.3) is 0 Å². The smallest absolute Gasteiger partial charge is 0.355 e. The Hall–Kier alpha value is -2.91. The van der Waals surface area contributed by atoms with E-state index in [-0.39, 0.29) is 23.3 Å². The van der Waals surface area contributed by atoms with Gasteiger partial charge >= 0.3 is 6.18 Å². The second kappa shape index (κ2) is 9.27. The number of hydrogen-bond donors (Lipinski definition) is 1. The Morgan fingerprint density at radius 2 is 1.83 bits per heavy atom. The molecule has 0 saturated carbocycles. The van der Waals surface area contributed by atoms with Crippen LogP contribution < -0.4 is 5.32 Å². The van der Waals surface area contributed by atoms with Gasteiger partial charge in [-0.15, -0.1) is 10.2 Å². The highest BCUT2D eigenvalue weighted by atomic mass is 19.4. The molecule has 1 aromatic heterocycles. The monoisotopic (exact) mass is 423 g/mol. The average Bonchev–Trinajstić information content (AvgIpc) is 3.20. The van der Waals surface area contributed by atoms with E-state index in [1.807, 2.05) is 11.5 Å². The first-order valence-corrected chi connectivity index (χ1v) is 9.90. The fourth-order valence-corrected chi connectivity index (χ4v) is 3.51. The third-order valence-electron chi connectivity index (χ3n) is 5.30. The third-order valence-corrected chi connectivity index (χ3v) is 5.30. The van der Waals surface area contributed by atoms with Crippen molar-refractivity contribution in [2.75, 3.05) is 19.6 Å². The summed E-state index contributed by atoms with van der Waals surface area (Å²) in [5.74, 6) is 0.251. The van der Waals surface area contributed by atoms with Crippen LogP contribution in [0.3, 0.4) is 0 Å². The van der Waals surface area contributed by atoms with Crippen molar-refractivity contribution in [2.45, 2.75) is 38.9 Å². The maximum absolute atomic E-state index is 12.7. The van der Waals surface area contributed by atoms with Crippen molar-refractivity contribution >= 4 is 11.8 Å². The van der Waals surface area contributed by atoms with Crippen LogP contribution >= 0.6 is 0 Å². The number of carbonyl (C=O) groups excluding carboxylic acids is 2. The number of aryl methyl sites for hydroxylation is 1. The Balaban J connectivity index is 1.45. The van der Waals surface area contributed by atoms with E-state index in [0.717, 1.165) is 24.5 Å². The van der Waals surface area contributed by atoms with E-state index in [1.165, 1.54) is 12.1 Å². The molecule has 0 spiro atoms. The maximum Gasteiger partial charge on any atom is 0.416 e. The van der Waals surface area contributed by atoms with Crippen molar-refractivity contribution in [3.63, 3.8) is 0 Å². The van der Waals surface area contributed by atoms with E-state index < -0.39 is 11.7 Å². The molecule has 2 aromatic rings. The van der Waals surface area contributed by atoms with Crippen molar-refractivity contribution in [3.05, 3.63) is 47.5 Å². The van der Waals surface area contributed by atoms with Crippen molar-refractivity contribution in [1.29, 1.82) is 0 Å². The summed E-state index contributed by atoms with van der Waals surface area (Å²) in [4.78, 5) is 26.5. The number of hydrogen-bond acceptors (Lipinski definition) is 4. The molecule has 1 saturated heterocycles. The van der Waals surface area contributed by atoms with E-state index in [9.17, 15) is 22.8 Å². The zero-order valence-electron chi connectivity index (χ0n) is 16.7. The van der Waals surface area contributed by atoms with Crippen molar-refractivity contribution in [1.82, 2.24) is 25.0 Å². The van der Waals surface area contributed by atoms with Gasteiger partial charge in [-0.05, 0) is 44.0 Å². The summed E-state index contributed by atoms with van der Waals surface area (Å²) in [6.45, 7) is 4.00. The average molecular weight is 423 g/mol. The first kappa shape index (κ1) is 21.8. The summed E-state index contributed by atoms with van der Waals surface area (Å²) in [5.41, 5.74) is -0.572. The maximum atomic E-state index is 12.7. The lowest BCUT2D eigenvalue weighted by Gasteiger charge is -2.31. The number of carbonyl (C=O) groups is 2. The molecular formula is C20H24F3N5O2. The number of rotatable bonds is 6. The van der Waals surface area contributed by atoms with Gasteiger partial charge in [0.15, 0.2) is 0 Å². The van der Waals surface area contributed by atoms with E-state index >= 15 is 0 Å². The number of piperidine rings is 1. The predicted octanol–water partition coefficient (Wildman–Crippen LogP) is 2.53. The minimum atomic E-state index is -4.43. The van der Waals surface area contributed by atoms with Crippen LogP contribution in [0.15, 0.2) is 30.6 Å². The molecule has 1 aliphatic rings. The number of aromatic nitrogens is 3. The summed E-state index contributed by atoms with van der Waals surface area (Å²) in [7, 11) is 0. The Bertz CT molecular complexity index is 871. The van der Waals surface area contributed by atoms with Gasteiger partial charge in [0, 0.05) is 44.1 Å². The van der Waals surface area contributed by atoms with Gasteiger partial charge in [0.1, 0.15) is 12.2 Å². The van der Waals surface area contributed by atoms with Crippen LogP contribution in [0.4, 0.5) is 13.2 Å². The Morgan fingerprint density at radius 3 is 2.43 bits per heavy atom. The first-order valence-electron chi connectivity index (χ1n) is 9.90. The first-order chi connectivity index (χ1) is 14.3. The molecule has 0 unspecified atom stereocenters. The molecule has 7 nitrogen and oxygen atoms in total. The Morgan fingerprint density at radius 1 is 1.17 bits per heavy atom. The number of alkyl halides is 3. The van der Waals surface area contributed by atoms with Gasteiger partial charge in [-0.25, -0.2) is 0 Å². The minimum absolute atomic E-state index is 0.0563. The number of benzene rings is 1. The summed E-state index contributed by atoms with van der Waals surface area (Å²) >= 11 is 0. The van der Waals surface area contributed by atoms with Crippen LogP contribution in [-0.4, -0.2) is 51.1 Å². The molecule has 0 atom stereocenters. The zero-order valence-corrected chi connectivity index (χ0v) is 16.7. The molecule has 3 rings (SSSR count). The Labute approximate surface area is 172 Å². The van der Waals surface area contributed by atoms with E-state index in [4.69, 9.17) is 0 Å². The van der Waals surface area contributed by atoms with Gasteiger partial charge in [0.2, 0.25) is 5.91 Å². The van der Waals surface area contributed by atoms with Crippen LogP contribution in [-0.2, 0) is 23.9 Å². The van der Waals surface area contributed by atoms with Crippen LogP contribution in [0.1, 0.15) is 41.5 Å². The number of likely N-dealkylation sites (tertiary alicyclic amines) is 1. The largest absolute Gasteiger partial charge is 0.416 e. The highest BCUT2D eigenvalue weighted by Crippen LogP contribution is 2.29. The molecule has 10 heteroatoms. The second-order valence-corrected chi connectivity index (χ2v) is 7.22. The molecular weight excluding hydrogens is 399 g/mol. The van der Waals surface area contributed by atoms with E-state index in [2.05, 4.69) is 15.5 Å². The summed E-state index contributed by atoms with van der Waals surface area (Å²) in [5, 5.41) is 10.8. The molecule has 2 heterocycles. The predicted molar refractivity (Wildman–Crippen MR) is 102 cm³/mol. The standard InChI is InChI=1S/C20H24F3N5O2/c1-2-27-13-25-26-17(27)7-10-24-18(29)14-8-11-28(12-9-14)19(30)15-3-5-16(6-4-15)20(21,22)23/h3-6,13-14H,2,7-12H2,1H3,(H,24,29). The molecule has 1 fully saturated rings. The lowest BCUT2D eigenvalue weighted by atomic mass is 9.95. The highest BCUT2D eigenvalue weighted by Gasteiger charge is 2.31. The zero-order chi connectivity index (χ0) is 21.7. The van der Waals surface area contributed by atoms with Crippen molar-refractivity contribution in [3.8, 4) is 0 Å². The second-order valence-electron chi connectivity index (χ2n) is 7.22. The molecule has 30 heavy (non-hydrogen) atoms. The van der Waals surface area contributed by atoms with E-state index in [1.54, 1.807) is 11.2 Å². The fraction of sp³-hybridized carbons (Fsp3) is 0.500. The number of nitrogens with zero attached hydrogens (tertiary/aromatic N) is 4. The number of halogens is 3. The lowest BCUT2D eigenvalue weighted by Crippen LogP contribution is -2.43. The number of nitrogens with one attached hydrogen (secondary N) is 1. The molecule has 2 amide bonds. The van der Waals surface area contributed by atoms with Crippen molar-refractivity contribution in [2.24, 2.45) is 5.92 Å². The van der Waals surface area contributed by atoms with Crippen LogP contribution in [0.2, 0.25) is 0 Å². The highest BCUT2D eigenvalue weighted by molar-refractivity contribution is 5.94. The Kier molecular flexibility index (Phi) is 6.73. The summed E-state index contributed by atoms with van der Waals surface area (Å²) in [6, 6.07) is 4.21. The van der Waals surface area contributed by atoms with Gasteiger partial charge in [-0.2, -0.15) is 13.2 Å². The summed E-state index contributed by atoms with van der Waals surface area (Å²) < 4.78 is 39.9. The molecule has 0 bridgehead atoms. The quantitative estimate of drug-likeness (QED) is 0.774.